The van der Waals surface area contributed by atoms with Crippen molar-refractivity contribution in [2.24, 2.45) is 17.4 Å². The van der Waals surface area contributed by atoms with Gasteiger partial charge in [-0.05, 0) is 53.4 Å². The van der Waals surface area contributed by atoms with E-state index in [1.807, 2.05) is 20.8 Å². The number of aliphatic hydroxyl groups is 4. The molecule has 0 spiro atoms. The number of hydrogen-bond donors (Lipinski definition) is 8. The highest BCUT2D eigenvalue weighted by Crippen LogP contribution is 2.47. The maximum Gasteiger partial charge on any atom is 0.474 e. The fourth-order valence-electron chi connectivity index (χ4n) is 5.25. The molecule has 2 heterocycles. The molecule has 12 atom stereocenters. The summed E-state index contributed by atoms with van der Waals surface area (Å²) in [6, 6.07) is 0. The summed E-state index contributed by atoms with van der Waals surface area (Å²) in [6.45, 7) is 7.37. The number of carbonyl (C=O) groups excluding carboxylic acids is 2. The van der Waals surface area contributed by atoms with Gasteiger partial charge in [0.25, 0.3) is 0 Å². The average Bonchev–Trinajstić information content (AvgIpc) is 3.04. The number of aliphatic hydroxyl groups excluding tert-OH is 4. The number of primary amides is 2. The number of carboxylic acids is 1. The summed E-state index contributed by atoms with van der Waals surface area (Å²) < 4.78 is 49.9. The molecule has 2 saturated heterocycles. The summed E-state index contributed by atoms with van der Waals surface area (Å²) in [5, 5.41) is 50.7. The third-order valence-electron chi connectivity index (χ3n) is 8.28. The molecule has 0 aliphatic carbocycles. The zero-order valence-electron chi connectivity index (χ0n) is 29.8. The zero-order chi connectivity index (χ0) is 39.3. The van der Waals surface area contributed by atoms with Gasteiger partial charge >= 0.3 is 19.9 Å². The van der Waals surface area contributed by atoms with Crippen molar-refractivity contribution in [2.45, 2.75) is 122 Å². The van der Waals surface area contributed by atoms with Crippen molar-refractivity contribution in [1.29, 1.82) is 0 Å². The summed E-state index contributed by atoms with van der Waals surface area (Å²) in [5.74, 6) is -3.95. The van der Waals surface area contributed by atoms with E-state index < -0.39 is 106 Å². The number of ether oxygens (including phenoxy) is 5. The molecule has 2 aliphatic rings. The van der Waals surface area contributed by atoms with Crippen molar-refractivity contribution in [3.63, 3.8) is 0 Å². The molecule has 2 aliphatic heterocycles. The van der Waals surface area contributed by atoms with Crippen LogP contribution in [0.4, 0.5) is 4.79 Å². The summed E-state index contributed by atoms with van der Waals surface area (Å²) in [7, 11) is -5.38. The Hall–Kier alpha value is -2.78. The molecule has 2 fully saturated rings. The van der Waals surface area contributed by atoms with E-state index in [1.165, 1.54) is 18.1 Å². The van der Waals surface area contributed by atoms with Crippen LogP contribution in [0.5, 0.6) is 0 Å². The Morgan fingerprint density at radius 3 is 2.06 bits per heavy atom. The van der Waals surface area contributed by atoms with Gasteiger partial charge in [0.2, 0.25) is 5.91 Å². The predicted molar refractivity (Wildman–Crippen MR) is 180 cm³/mol. The molecule has 10 N–H and O–H groups in total. The van der Waals surface area contributed by atoms with Crippen molar-refractivity contribution < 1.29 is 82.1 Å². The normalized spacial score (nSPS) is 31.7. The predicted octanol–water partition coefficient (Wildman–Crippen LogP) is 0.504. The van der Waals surface area contributed by atoms with Gasteiger partial charge < -0.3 is 65.6 Å². The van der Waals surface area contributed by atoms with E-state index in [0.29, 0.717) is 6.42 Å². The SMILES string of the molecule is CC(C)=CCC/C(C)=C/CC/C(C)=C\CO[C@@H](COP(=O)(O)O[C@H]1OC(C(N)=O)[C@H](O)[C@H](OC(N)=O)C1O[C@@H]1OC(CO)[C@@H](O)[C@H](O)C1C)C(=O)O. The fourth-order valence-corrected chi connectivity index (χ4v) is 6.06. The second kappa shape index (κ2) is 21.2. The number of aliphatic carboxylic acids is 1. The van der Waals surface area contributed by atoms with Crippen LogP contribution >= 0.6 is 7.82 Å². The van der Waals surface area contributed by atoms with Gasteiger partial charge in [0.1, 0.15) is 18.3 Å². The Bertz CT molecular complexity index is 1340. The minimum Gasteiger partial charge on any atom is -0.479 e. The van der Waals surface area contributed by atoms with Crippen LogP contribution in [0.2, 0.25) is 0 Å². The number of phosphoric acid groups is 1. The fraction of sp³-hybridized carbons (Fsp3) is 0.719. The number of amides is 2. The number of allylic oxidation sites excluding steroid dienone is 5. The largest absolute Gasteiger partial charge is 0.479 e. The summed E-state index contributed by atoms with van der Waals surface area (Å²) in [5.41, 5.74) is 13.9. The average molecular weight is 769 g/mol. The van der Waals surface area contributed by atoms with Crippen molar-refractivity contribution in [3.8, 4) is 0 Å². The molecule has 0 aromatic carbocycles. The highest BCUT2D eigenvalue weighted by Gasteiger charge is 2.55. The first-order chi connectivity index (χ1) is 24.3. The molecule has 0 aromatic heterocycles. The van der Waals surface area contributed by atoms with Crippen LogP contribution < -0.4 is 11.5 Å². The summed E-state index contributed by atoms with van der Waals surface area (Å²) in [4.78, 5) is 46.3. The molecular formula is C32H53N2O17P. The Morgan fingerprint density at radius 1 is 0.885 bits per heavy atom. The molecule has 0 aromatic rings. The third-order valence-corrected chi connectivity index (χ3v) is 9.23. The van der Waals surface area contributed by atoms with E-state index in [1.54, 1.807) is 6.08 Å². The van der Waals surface area contributed by atoms with Crippen LogP contribution in [0.15, 0.2) is 34.9 Å². The second-order valence-electron chi connectivity index (χ2n) is 12.9. The lowest BCUT2D eigenvalue weighted by molar-refractivity contribution is -0.345. The molecule has 0 radical (unpaired) electrons. The number of carboxylic acid groups (broad SMARTS) is 1. The number of rotatable bonds is 20. The number of hydrogen-bond acceptors (Lipinski definition) is 15. The summed E-state index contributed by atoms with van der Waals surface area (Å²) in [6.07, 6.45) is -10.3. The van der Waals surface area contributed by atoms with Gasteiger partial charge in [-0.1, -0.05) is 41.9 Å². The molecule has 19 nitrogen and oxygen atoms in total. The Labute approximate surface area is 301 Å². The van der Waals surface area contributed by atoms with Gasteiger partial charge in [-0.15, -0.1) is 0 Å². The van der Waals surface area contributed by atoms with Crippen LogP contribution in [0.25, 0.3) is 0 Å². The van der Waals surface area contributed by atoms with Gasteiger partial charge in [0, 0.05) is 5.92 Å². The number of phosphoric ester groups is 1. The summed E-state index contributed by atoms with van der Waals surface area (Å²) >= 11 is 0. The van der Waals surface area contributed by atoms with Crippen molar-refractivity contribution >= 4 is 25.8 Å². The van der Waals surface area contributed by atoms with Gasteiger partial charge in [-0.2, -0.15) is 0 Å². The first kappa shape index (κ1) is 45.4. The second-order valence-corrected chi connectivity index (χ2v) is 14.3. The number of carbonyl (C=O) groups is 3. The van der Waals surface area contributed by atoms with E-state index in [0.717, 1.165) is 24.8 Å². The van der Waals surface area contributed by atoms with E-state index >= 15 is 0 Å². The molecule has 0 saturated carbocycles. The Morgan fingerprint density at radius 2 is 1.50 bits per heavy atom. The van der Waals surface area contributed by atoms with E-state index in [9.17, 15) is 49.4 Å². The van der Waals surface area contributed by atoms with Gasteiger partial charge in [0.15, 0.2) is 37.0 Å². The molecule has 20 heteroatoms. The highest BCUT2D eigenvalue weighted by atomic mass is 31.2. The molecule has 298 valence electrons. The van der Waals surface area contributed by atoms with Gasteiger partial charge in [-0.25, -0.2) is 14.2 Å². The number of nitrogens with two attached hydrogens (primary N) is 2. The molecule has 2 amide bonds. The first-order valence-electron chi connectivity index (χ1n) is 16.6. The maximum absolute atomic E-state index is 13.1. The molecular weight excluding hydrogens is 715 g/mol. The standard InChI is InChI=1S/C32H53N2O17P/c1-16(2)8-6-9-17(3)10-7-11-18(4)12-13-45-21(29(40)41)15-46-52(43,44)51-31-27(25(50-32(34)42)24(38)26(48-31)28(33)39)49-30-19(5)22(36)23(37)20(14-35)47-30/h8,10,12,19-27,30-31,35-38H,6-7,9,11,13-15H2,1-5H3,(H2,33,39)(H2,34,42)(H,40,41)(H,43,44)/b17-10+,18-12-/t19?,20?,21-,22+,23+,24+,25-,26?,27?,30-,31+/m0/s1. The lowest BCUT2D eigenvalue weighted by atomic mass is 9.92. The monoisotopic (exact) mass is 768 g/mol. The van der Waals surface area contributed by atoms with Crippen LogP contribution in [0, 0.1) is 5.92 Å². The quantitative estimate of drug-likeness (QED) is 0.0618. The minimum atomic E-state index is -5.38. The van der Waals surface area contributed by atoms with Gasteiger partial charge in [0.05, 0.1) is 25.9 Å². The minimum absolute atomic E-state index is 0.174. The Balaban J connectivity index is 2.16. The lowest BCUT2D eigenvalue weighted by Gasteiger charge is -2.46. The molecule has 2 rings (SSSR count). The third kappa shape index (κ3) is 14.2. The van der Waals surface area contributed by atoms with Crippen LogP contribution in [-0.4, -0.2) is 130 Å². The van der Waals surface area contributed by atoms with Crippen LogP contribution in [0.1, 0.15) is 60.3 Å². The molecule has 0 bridgehead atoms. The van der Waals surface area contributed by atoms with E-state index in [-0.39, 0.29) is 6.61 Å². The highest BCUT2D eigenvalue weighted by molar-refractivity contribution is 7.47. The molecule has 5 unspecified atom stereocenters. The maximum atomic E-state index is 13.1. The van der Waals surface area contributed by atoms with Crippen LogP contribution in [-0.2, 0) is 46.9 Å². The van der Waals surface area contributed by atoms with Crippen molar-refractivity contribution in [1.82, 2.24) is 0 Å². The van der Waals surface area contributed by atoms with E-state index in [2.05, 4.69) is 19.1 Å². The first-order valence-corrected chi connectivity index (χ1v) is 18.1. The zero-order valence-corrected chi connectivity index (χ0v) is 30.7. The molecule has 52 heavy (non-hydrogen) atoms. The lowest BCUT2D eigenvalue weighted by Crippen LogP contribution is -2.65. The van der Waals surface area contributed by atoms with Crippen molar-refractivity contribution in [2.75, 3.05) is 19.8 Å². The van der Waals surface area contributed by atoms with Crippen LogP contribution in [0.3, 0.4) is 0 Å². The smallest absolute Gasteiger partial charge is 0.474 e. The topological polar surface area (TPSA) is 306 Å². The Kier molecular flexibility index (Phi) is 18.5. The van der Waals surface area contributed by atoms with Crippen molar-refractivity contribution in [3.05, 3.63) is 34.9 Å². The van der Waals surface area contributed by atoms with Gasteiger partial charge in [-0.3, -0.25) is 13.8 Å². The van der Waals surface area contributed by atoms with E-state index in [4.69, 9.17) is 44.2 Å².